The van der Waals surface area contributed by atoms with E-state index < -0.39 is 16.5 Å². The van der Waals surface area contributed by atoms with Crippen molar-refractivity contribution in [2.24, 2.45) is 0 Å². The average molecular weight is 330 g/mol. The van der Waals surface area contributed by atoms with Crippen LogP contribution in [0.2, 0.25) is 0 Å². The molecule has 0 atom stereocenters. The molecule has 24 heavy (non-hydrogen) atoms. The van der Waals surface area contributed by atoms with Gasteiger partial charge in [0.1, 0.15) is 12.0 Å². The van der Waals surface area contributed by atoms with E-state index in [-0.39, 0.29) is 11.5 Å². The fraction of sp³-hybridized carbons (Fsp3) is 0.0714. The Bertz CT molecular complexity index is 903. The zero-order chi connectivity index (χ0) is 17.1. The molecule has 1 aromatic carbocycles. The molecule has 0 aliphatic rings. The van der Waals surface area contributed by atoms with Gasteiger partial charge in [-0.25, -0.2) is 4.39 Å². The molecule has 0 saturated carbocycles. The molecule has 0 radical (unpaired) electrons. The van der Waals surface area contributed by atoms with Gasteiger partial charge in [0.05, 0.1) is 23.4 Å². The molecule has 0 unspecified atom stereocenters. The number of aromatic amines is 1. The van der Waals surface area contributed by atoms with Crippen LogP contribution in [-0.2, 0) is 6.54 Å². The van der Waals surface area contributed by atoms with Crippen molar-refractivity contribution in [3.05, 3.63) is 70.0 Å². The number of carbonyl (C=O) groups is 1. The summed E-state index contributed by atoms with van der Waals surface area (Å²) in [7, 11) is 0. The number of H-pyrrole nitrogens is 1. The van der Waals surface area contributed by atoms with Crippen LogP contribution in [-0.4, -0.2) is 30.8 Å². The lowest BCUT2D eigenvalue weighted by Crippen LogP contribution is -2.13. The van der Waals surface area contributed by atoms with E-state index in [0.29, 0.717) is 17.8 Å². The average Bonchev–Trinajstić information content (AvgIpc) is 3.16. The highest BCUT2D eigenvalue weighted by atomic mass is 19.1. The third kappa shape index (κ3) is 3.27. The quantitative estimate of drug-likeness (QED) is 0.547. The van der Waals surface area contributed by atoms with Crippen molar-refractivity contribution in [2.45, 2.75) is 6.54 Å². The number of nitrogens with one attached hydrogen (secondary N) is 2. The number of benzene rings is 1. The maximum absolute atomic E-state index is 13.2. The lowest BCUT2D eigenvalue weighted by molar-refractivity contribution is -0.385. The summed E-state index contributed by atoms with van der Waals surface area (Å²) in [5, 5.41) is 23.1. The van der Waals surface area contributed by atoms with Gasteiger partial charge in [0.2, 0.25) is 5.69 Å². The van der Waals surface area contributed by atoms with Crippen molar-refractivity contribution in [3.63, 3.8) is 0 Å². The van der Waals surface area contributed by atoms with Crippen molar-refractivity contribution >= 4 is 17.3 Å². The normalized spacial score (nSPS) is 10.5. The van der Waals surface area contributed by atoms with Crippen molar-refractivity contribution in [1.29, 1.82) is 0 Å². The summed E-state index contributed by atoms with van der Waals surface area (Å²) >= 11 is 0. The Labute approximate surface area is 134 Å². The Hall–Kier alpha value is -3.56. The predicted octanol–water partition coefficient (Wildman–Crippen LogP) is 1.95. The van der Waals surface area contributed by atoms with Gasteiger partial charge in [-0.15, -0.1) is 0 Å². The number of anilines is 1. The van der Waals surface area contributed by atoms with E-state index >= 15 is 0 Å². The van der Waals surface area contributed by atoms with Crippen molar-refractivity contribution in [2.75, 3.05) is 5.32 Å². The Morgan fingerprint density at radius 2 is 2.25 bits per heavy atom. The summed E-state index contributed by atoms with van der Waals surface area (Å²) in [6.45, 7) is 0.317. The van der Waals surface area contributed by atoms with E-state index in [1.54, 1.807) is 12.1 Å². The molecular formula is C14H11FN6O3. The van der Waals surface area contributed by atoms with Crippen LogP contribution in [0.4, 0.5) is 15.8 Å². The molecular weight excluding hydrogens is 319 g/mol. The van der Waals surface area contributed by atoms with Crippen molar-refractivity contribution in [1.82, 2.24) is 20.0 Å². The second kappa shape index (κ2) is 6.28. The fourth-order valence-electron chi connectivity index (χ4n) is 2.12. The number of hydrogen-bond acceptors (Lipinski definition) is 5. The summed E-state index contributed by atoms with van der Waals surface area (Å²) in [5.74, 6) is -1.05. The molecule has 122 valence electrons. The monoisotopic (exact) mass is 330 g/mol. The number of amides is 1. The third-order valence-electron chi connectivity index (χ3n) is 3.17. The minimum absolute atomic E-state index is 0.252. The lowest BCUT2D eigenvalue weighted by Gasteiger charge is -2.02. The summed E-state index contributed by atoms with van der Waals surface area (Å²) in [5.41, 5.74) is 0.387. The fourth-order valence-corrected chi connectivity index (χ4v) is 2.12. The molecule has 10 heteroatoms. The zero-order valence-electron chi connectivity index (χ0n) is 12.1. The number of hydrogen-bond donors (Lipinski definition) is 2. The van der Waals surface area contributed by atoms with Gasteiger partial charge in [-0.1, -0.05) is 12.1 Å². The molecule has 0 aliphatic heterocycles. The molecule has 9 nitrogen and oxygen atoms in total. The molecule has 0 saturated heterocycles. The Balaban J connectivity index is 1.71. The Morgan fingerprint density at radius 3 is 3.00 bits per heavy atom. The SMILES string of the molecule is O=C(Nc1cnn(Cc2cccc(F)c2)c1)c1[nH]ncc1[N+](=O)[O-]. The third-order valence-corrected chi connectivity index (χ3v) is 3.17. The van der Waals surface area contributed by atoms with E-state index in [0.717, 1.165) is 6.20 Å². The molecule has 0 aliphatic carbocycles. The molecule has 3 aromatic rings. The van der Waals surface area contributed by atoms with Gasteiger partial charge in [-0.05, 0) is 17.7 Å². The van der Waals surface area contributed by atoms with Crippen molar-refractivity contribution < 1.29 is 14.1 Å². The first-order valence-corrected chi connectivity index (χ1v) is 6.79. The largest absolute Gasteiger partial charge is 0.319 e. The summed E-state index contributed by atoms with van der Waals surface area (Å²) in [6.07, 6.45) is 3.88. The van der Waals surface area contributed by atoms with Crippen molar-refractivity contribution in [3.8, 4) is 0 Å². The van der Waals surface area contributed by atoms with Crippen LogP contribution >= 0.6 is 0 Å². The maximum atomic E-state index is 13.2. The topological polar surface area (TPSA) is 119 Å². The minimum Gasteiger partial charge on any atom is -0.318 e. The second-order valence-electron chi connectivity index (χ2n) is 4.90. The molecule has 2 N–H and O–H groups in total. The second-order valence-corrected chi connectivity index (χ2v) is 4.90. The Kier molecular flexibility index (Phi) is 4.01. The smallest absolute Gasteiger partial charge is 0.318 e. The van der Waals surface area contributed by atoms with E-state index in [2.05, 4.69) is 20.6 Å². The maximum Gasteiger partial charge on any atom is 0.319 e. The standard InChI is InChI=1S/C14H11FN6O3/c15-10-3-1-2-9(4-10)7-20-8-11(5-17-20)18-14(22)13-12(21(23)24)6-16-19-13/h1-6,8H,7H2,(H,16,19)(H,18,22). The number of halogens is 1. The highest BCUT2D eigenvalue weighted by Gasteiger charge is 2.23. The summed E-state index contributed by atoms with van der Waals surface area (Å²) in [6, 6.07) is 6.06. The van der Waals surface area contributed by atoms with Gasteiger partial charge in [0.15, 0.2) is 0 Å². The van der Waals surface area contributed by atoms with Crippen LogP contribution in [0, 0.1) is 15.9 Å². The van der Waals surface area contributed by atoms with E-state index in [1.165, 1.54) is 29.2 Å². The molecule has 0 spiro atoms. The van der Waals surface area contributed by atoms with Crippen LogP contribution in [0.1, 0.15) is 16.1 Å². The highest BCUT2D eigenvalue weighted by molar-refractivity contribution is 6.05. The number of rotatable bonds is 5. The molecule has 2 aromatic heterocycles. The molecule has 0 fully saturated rings. The molecule has 3 rings (SSSR count). The number of nitrogens with zero attached hydrogens (tertiary/aromatic N) is 4. The zero-order valence-corrected chi connectivity index (χ0v) is 12.1. The molecule has 0 bridgehead atoms. The predicted molar refractivity (Wildman–Crippen MR) is 80.9 cm³/mol. The van der Waals surface area contributed by atoms with Gasteiger partial charge < -0.3 is 5.32 Å². The first-order valence-electron chi connectivity index (χ1n) is 6.79. The first kappa shape index (κ1) is 15.3. The van der Waals surface area contributed by atoms with Gasteiger partial charge in [0.25, 0.3) is 5.91 Å². The number of aromatic nitrogens is 4. The van der Waals surface area contributed by atoms with Crippen LogP contribution in [0.15, 0.2) is 42.9 Å². The van der Waals surface area contributed by atoms with Gasteiger partial charge in [-0.3, -0.25) is 24.7 Å². The van der Waals surface area contributed by atoms with E-state index in [9.17, 15) is 19.3 Å². The van der Waals surface area contributed by atoms with E-state index in [1.807, 2.05) is 0 Å². The van der Waals surface area contributed by atoms with Crippen LogP contribution in [0.5, 0.6) is 0 Å². The number of nitro groups is 1. The van der Waals surface area contributed by atoms with Gasteiger partial charge >= 0.3 is 5.69 Å². The molecule has 2 heterocycles. The number of carbonyl (C=O) groups excluding carboxylic acids is 1. The van der Waals surface area contributed by atoms with Crippen LogP contribution < -0.4 is 5.32 Å². The molecule has 1 amide bonds. The Morgan fingerprint density at radius 1 is 1.42 bits per heavy atom. The highest BCUT2D eigenvalue weighted by Crippen LogP contribution is 2.16. The van der Waals surface area contributed by atoms with Crippen LogP contribution in [0.3, 0.4) is 0 Å². The van der Waals surface area contributed by atoms with E-state index in [4.69, 9.17) is 0 Å². The lowest BCUT2D eigenvalue weighted by atomic mass is 10.2. The summed E-state index contributed by atoms with van der Waals surface area (Å²) < 4.78 is 14.7. The van der Waals surface area contributed by atoms with Gasteiger partial charge in [-0.2, -0.15) is 10.2 Å². The van der Waals surface area contributed by atoms with Gasteiger partial charge in [0, 0.05) is 6.20 Å². The summed E-state index contributed by atoms with van der Waals surface area (Å²) in [4.78, 5) is 22.1. The minimum atomic E-state index is -0.704. The first-order chi connectivity index (χ1) is 11.5. The van der Waals surface area contributed by atoms with Crippen LogP contribution in [0.25, 0.3) is 0 Å².